The number of hydrogen-bond acceptors (Lipinski definition) is 4. The average molecular weight is 600 g/mol. The van der Waals surface area contributed by atoms with Gasteiger partial charge in [0.1, 0.15) is 12.6 Å². The maximum atomic E-state index is 12.5. The van der Waals surface area contributed by atoms with Crippen molar-refractivity contribution in [2.45, 2.75) is 148 Å². The Balaban J connectivity index is 4.28. The second-order valence-corrected chi connectivity index (χ2v) is 11.0. The summed E-state index contributed by atoms with van der Waals surface area (Å²) in [6.45, 7) is 4.01. The number of unbranched alkanes of at least 4 members (excludes halogenated alkanes) is 10. The lowest BCUT2D eigenvalue weighted by atomic mass is 10.1. The van der Waals surface area contributed by atoms with Crippen LogP contribution in [0.5, 0.6) is 0 Å². The molecule has 0 radical (unpaired) electrons. The van der Waals surface area contributed by atoms with E-state index in [2.05, 4.69) is 73.8 Å². The van der Waals surface area contributed by atoms with E-state index in [1.54, 1.807) is 0 Å². The van der Waals surface area contributed by atoms with Gasteiger partial charge in [-0.25, -0.2) is 0 Å². The average Bonchev–Trinajstić information content (AvgIpc) is 2.99. The highest BCUT2D eigenvalue weighted by Gasteiger charge is 2.11. The number of aliphatic carboxylic acids is 1. The summed E-state index contributed by atoms with van der Waals surface area (Å²) in [6.07, 6.45) is 40.6. The molecule has 0 rings (SSSR count). The normalized spacial score (nSPS) is 12.8. The van der Waals surface area contributed by atoms with Crippen LogP contribution in [0, 0.1) is 0 Å². The Morgan fingerprint density at radius 1 is 0.651 bits per heavy atom. The van der Waals surface area contributed by atoms with Crippen LogP contribution in [-0.2, 0) is 19.1 Å². The van der Waals surface area contributed by atoms with E-state index in [0.717, 1.165) is 83.5 Å². The van der Waals surface area contributed by atoms with E-state index in [-0.39, 0.29) is 24.5 Å². The molecule has 0 aromatic heterocycles. The number of nitrogens with one attached hydrogen (secondary N) is 1. The Bertz CT molecular complexity index is 840. The van der Waals surface area contributed by atoms with Crippen molar-refractivity contribution in [1.82, 2.24) is 5.32 Å². The number of carboxylic acid groups (broad SMARTS) is 1. The van der Waals surface area contributed by atoms with Gasteiger partial charge in [0, 0.05) is 12.8 Å². The fraction of sp³-hybridized carbons (Fsp3) is 0.649. The molecule has 0 aliphatic heterocycles. The number of carbonyl (C=O) groups excluding carboxylic acids is 2. The molecule has 244 valence electrons. The van der Waals surface area contributed by atoms with Crippen molar-refractivity contribution in [3.8, 4) is 0 Å². The highest BCUT2D eigenvalue weighted by molar-refractivity contribution is 5.80. The molecule has 1 amide bonds. The number of ether oxygens (including phenoxy) is 1. The maximum Gasteiger partial charge on any atom is 0.322 e. The largest absolute Gasteiger partial charge is 0.480 e. The molecule has 0 aromatic rings. The van der Waals surface area contributed by atoms with Crippen LogP contribution >= 0.6 is 0 Å². The van der Waals surface area contributed by atoms with E-state index >= 15 is 0 Å². The quantitative estimate of drug-likeness (QED) is 0.0507. The Kier molecular flexibility index (Phi) is 29.9. The van der Waals surface area contributed by atoms with Crippen LogP contribution in [0.15, 0.2) is 60.8 Å². The number of hydrogen-bond donors (Lipinski definition) is 2. The van der Waals surface area contributed by atoms with Gasteiger partial charge in [-0.1, -0.05) is 113 Å². The lowest BCUT2D eigenvalue weighted by Gasteiger charge is -2.14. The predicted molar refractivity (Wildman–Crippen MR) is 180 cm³/mol. The van der Waals surface area contributed by atoms with Gasteiger partial charge >= 0.3 is 11.9 Å². The van der Waals surface area contributed by atoms with Crippen molar-refractivity contribution in [1.29, 1.82) is 0 Å². The third kappa shape index (κ3) is 31.9. The molecule has 0 saturated heterocycles. The first-order chi connectivity index (χ1) is 21.0. The Labute approximate surface area is 262 Å². The Morgan fingerprint density at radius 2 is 1.21 bits per heavy atom. The highest BCUT2D eigenvalue weighted by Crippen LogP contribution is 2.14. The SMILES string of the molecule is CC/C=C\C/C=C\C/C=C\C(CCCCCCC(=O)NCC(=O)O)OC(=O)CCCCCCC/C=C\C/C=C\CCCC. The third-order valence-corrected chi connectivity index (χ3v) is 6.91. The number of esters is 1. The van der Waals surface area contributed by atoms with E-state index in [0.29, 0.717) is 12.8 Å². The van der Waals surface area contributed by atoms with Gasteiger partial charge in [-0.2, -0.15) is 0 Å². The first-order valence-electron chi connectivity index (χ1n) is 16.9. The highest BCUT2D eigenvalue weighted by atomic mass is 16.5. The van der Waals surface area contributed by atoms with Crippen LogP contribution in [0.3, 0.4) is 0 Å². The molecule has 6 heteroatoms. The molecule has 2 N–H and O–H groups in total. The zero-order valence-electron chi connectivity index (χ0n) is 27.3. The lowest BCUT2D eigenvalue weighted by Crippen LogP contribution is -2.28. The summed E-state index contributed by atoms with van der Waals surface area (Å²) in [7, 11) is 0. The molecule has 43 heavy (non-hydrogen) atoms. The molecule has 0 saturated carbocycles. The van der Waals surface area contributed by atoms with E-state index in [4.69, 9.17) is 9.84 Å². The summed E-state index contributed by atoms with van der Waals surface area (Å²) in [6, 6.07) is 0. The fourth-order valence-corrected chi connectivity index (χ4v) is 4.40. The van der Waals surface area contributed by atoms with E-state index in [1.165, 1.54) is 32.1 Å². The Hall–Kier alpha value is -2.89. The summed E-state index contributed by atoms with van der Waals surface area (Å²) in [5.41, 5.74) is 0. The summed E-state index contributed by atoms with van der Waals surface area (Å²) in [4.78, 5) is 34.7. The van der Waals surface area contributed by atoms with Crippen molar-refractivity contribution in [3.05, 3.63) is 60.8 Å². The molecule has 0 aromatic carbocycles. The van der Waals surface area contributed by atoms with Crippen molar-refractivity contribution < 1.29 is 24.2 Å². The van der Waals surface area contributed by atoms with E-state index < -0.39 is 5.97 Å². The third-order valence-electron chi connectivity index (χ3n) is 6.91. The topological polar surface area (TPSA) is 92.7 Å². The lowest BCUT2D eigenvalue weighted by molar-refractivity contribution is -0.147. The second kappa shape index (κ2) is 32.0. The van der Waals surface area contributed by atoms with Gasteiger partial charge in [-0.15, -0.1) is 0 Å². The first-order valence-corrected chi connectivity index (χ1v) is 16.9. The molecule has 1 unspecified atom stereocenters. The minimum absolute atomic E-state index is 0.125. The first kappa shape index (κ1) is 40.1. The van der Waals surface area contributed by atoms with Gasteiger partial charge in [-0.05, 0) is 76.7 Å². The molecule has 0 bridgehead atoms. The summed E-state index contributed by atoms with van der Waals surface area (Å²) < 4.78 is 5.83. The second-order valence-electron chi connectivity index (χ2n) is 11.0. The predicted octanol–water partition coefficient (Wildman–Crippen LogP) is 9.72. The maximum absolute atomic E-state index is 12.5. The van der Waals surface area contributed by atoms with Gasteiger partial charge in [0.2, 0.25) is 5.91 Å². The van der Waals surface area contributed by atoms with Crippen LogP contribution in [0.2, 0.25) is 0 Å². The number of allylic oxidation sites excluding steroid dienone is 9. The summed E-state index contributed by atoms with van der Waals surface area (Å²) in [5.74, 6) is -1.39. The van der Waals surface area contributed by atoms with E-state index in [1.807, 2.05) is 6.08 Å². The monoisotopic (exact) mass is 599 g/mol. The standard InChI is InChI=1S/C37H61NO5/c1-3-5-7-9-11-13-14-15-16-17-18-20-22-28-32-37(42)43-34(29-25-21-19-12-10-8-6-4-2)30-26-23-24-27-31-35(39)38-33-36(40)41/h6,8-9,11-12,14-15,19,25,29,34H,3-5,7,10,13,16-18,20-24,26-28,30-33H2,1-2H3,(H,38,39)(H,40,41)/b8-6-,11-9-,15-14-,19-12-,29-25-. The van der Waals surface area contributed by atoms with Gasteiger partial charge in [0.15, 0.2) is 0 Å². The number of carboxylic acids is 1. The molecule has 0 aliphatic carbocycles. The molecule has 0 fully saturated rings. The van der Waals surface area contributed by atoms with Crippen LogP contribution < -0.4 is 5.32 Å². The summed E-state index contributed by atoms with van der Waals surface area (Å²) in [5, 5.41) is 11.0. The molecule has 6 nitrogen and oxygen atoms in total. The van der Waals surface area contributed by atoms with Gasteiger partial charge in [0.05, 0.1) is 0 Å². The minimum Gasteiger partial charge on any atom is -0.480 e. The van der Waals surface area contributed by atoms with E-state index in [9.17, 15) is 14.4 Å². The zero-order chi connectivity index (χ0) is 31.6. The van der Waals surface area contributed by atoms with Crippen LogP contribution in [0.1, 0.15) is 142 Å². The van der Waals surface area contributed by atoms with Gasteiger partial charge in [-0.3, -0.25) is 14.4 Å². The van der Waals surface area contributed by atoms with Crippen LogP contribution in [-0.4, -0.2) is 35.6 Å². The molecule has 0 aliphatic rings. The number of rotatable bonds is 29. The van der Waals surface area contributed by atoms with Gasteiger partial charge in [0.25, 0.3) is 0 Å². The molecular weight excluding hydrogens is 538 g/mol. The molecule has 0 heterocycles. The van der Waals surface area contributed by atoms with Crippen molar-refractivity contribution in [3.63, 3.8) is 0 Å². The van der Waals surface area contributed by atoms with Crippen molar-refractivity contribution in [2.75, 3.05) is 6.54 Å². The van der Waals surface area contributed by atoms with Gasteiger partial charge < -0.3 is 15.2 Å². The van der Waals surface area contributed by atoms with Crippen LogP contribution in [0.4, 0.5) is 0 Å². The van der Waals surface area contributed by atoms with Crippen molar-refractivity contribution in [2.24, 2.45) is 0 Å². The summed E-state index contributed by atoms with van der Waals surface area (Å²) >= 11 is 0. The van der Waals surface area contributed by atoms with Crippen LogP contribution in [0.25, 0.3) is 0 Å². The molecule has 1 atom stereocenters. The molecular formula is C37H61NO5. The smallest absolute Gasteiger partial charge is 0.322 e. The number of amides is 1. The zero-order valence-corrected chi connectivity index (χ0v) is 27.3. The number of carbonyl (C=O) groups is 3. The minimum atomic E-state index is -1.04. The molecule has 0 spiro atoms. The fourth-order valence-electron chi connectivity index (χ4n) is 4.40. The van der Waals surface area contributed by atoms with Crippen molar-refractivity contribution >= 4 is 17.8 Å². The Morgan fingerprint density at radius 3 is 1.88 bits per heavy atom.